The van der Waals surface area contributed by atoms with Gasteiger partial charge in [-0.1, -0.05) is 13.0 Å². The second-order valence-electron chi connectivity index (χ2n) is 3.96. The molecular weight excluding hydrogens is 255 g/mol. The monoisotopic (exact) mass is 272 g/mol. The number of thiol groups is 1. The summed E-state index contributed by atoms with van der Waals surface area (Å²) in [6.45, 7) is 1.91. The van der Waals surface area contributed by atoms with Crippen molar-refractivity contribution in [1.82, 2.24) is 0 Å². The van der Waals surface area contributed by atoms with E-state index in [2.05, 4.69) is 12.6 Å². The van der Waals surface area contributed by atoms with Crippen LogP contribution in [0.15, 0.2) is 18.2 Å². The highest BCUT2D eigenvalue weighted by Crippen LogP contribution is 2.22. The van der Waals surface area contributed by atoms with Gasteiger partial charge in [-0.15, -0.1) is 12.6 Å². The maximum atomic E-state index is 13.4. The summed E-state index contributed by atoms with van der Waals surface area (Å²) < 4.78 is 23.2. The molecule has 18 heavy (non-hydrogen) atoms. The van der Waals surface area contributed by atoms with E-state index in [1.807, 2.05) is 6.92 Å². The van der Waals surface area contributed by atoms with Crippen LogP contribution in [0.4, 0.5) is 4.39 Å². The Hall–Kier alpha value is -1.07. The summed E-state index contributed by atoms with van der Waals surface area (Å²) in [6.07, 6.45) is 1.23. The Kier molecular flexibility index (Phi) is 6.15. The van der Waals surface area contributed by atoms with Gasteiger partial charge in [0.25, 0.3) is 0 Å². The maximum Gasteiger partial charge on any atom is 0.189 e. The van der Waals surface area contributed by atoms with Crippen molar-refractivity contribution in [2.24, 2.45) is 5.92 Å². The third kappa shape index (κ3) is 4.31. The van der Waals surface area contributed by atoms with E-state index < -0.39 is 5.82 Å². The number of ether oxygens (including phenoxy) is 2. The SMILES string of the molecule is CC[C@@H](Cc1ccc(F)c(OCOC)c1)C(=O)S. The molecule has 0 N–H and O–H groups in total. The lowest BCUT2D eigenvalue weighted by molar-refractivity contribution is -0.114. The minimum Gasteiger partial charge on any atom is -0.464 e. The Morgan fingerprint density at radius 2 is 2.22 bits per heavy atom. The van der Waals surface area contributed by atoms with E-state index in [0.29, 0.717) is 12.8 Å². The van der Waals surface area contributed by atoms with Crippen LogP contribution >= 0.6 is 12.6 Å². The van der Waals surface area contributed by atoms with E-state index in [1.54, 1.807) is 12.1 Å². The largest absolute Gasteiger partial charge is 0.464 e. The number of rotatable bonds is 7. The van der Waals surface area contributed by atoms with Gasteiger partial charge >= 0.3 is 0 Å². The van der Waals surface area contributed by atoms with Crippen LogP contribution in [-0.4, -0.2) is 19.0 Å². The quantitative estimate of drug-likeness (QED) is 0.612. The Morgan fingerprint density at radius 1 is 1.50 bits per heavy atom. The highest BCUT2D eigenvalue weighted by molar-refractivity contribution is 7.96. The van der Waals surface area contributed by atoms with Crippen molar-refractivity contribution in [3.63, 3.8) is 0 Å². The van der Waals surface area contributed by atoms with E-state index in [9.17, 15) is 9.18 Å². The topological polar surface area (TPSA) is 35.5 Å². The number of hydrogen-bond acceptors (Lipinski definition) is 3. The number of benzene rings is 1. The lowest BCUT2D eigenvalue weighted by atomic mass is 9.98. The van der Waals surface area contributed by atoms with Crippen LogP contribution in [0, 0.1) is 11.7 Å². The minimum atomic E-state index is -0.443. The molecule has 0 saturated heterocycles. The fraction of sp³-hybridized carbons (Fsp3) is 0.462. The summed E-state index contributed by atoms with van der Waals surface area (Å²) >= 11 is 3.84. The molecule has 1 aromatic carbocycles. The molecule has 0 bridgehead atoms. The summed E-state index contributed by atoms with van der Waals surface area (Å²) in [5.41, 5.74) is 0.844. The van der Waals surface area contributed by atoms with Gasteiger partial charge in [-0.25, -0.2) is 4.39 Å². The fourth-order valence-corrected chi connectivity index (χ4v) is 1.87. The number of carbonyl (C=O) groups is 1. The number of carbonyl (C=O) groups excluding carboxylic acids is 1. The normalized spacial score (nSPS) is 12.2. The molecule has 100 valence electrons. The van der Waals surface area contributed by atoms with Gasteiger partial charge in [-0.3, -0.25) is 4.79 Å². The summed E-state index contributed by atoms with van der Waals surface area (Å²) in [7, 11) is 1.47. The van der Waals surface area contributed by atoms with Crippen molar-refractivity contribution in [2.75, 3.05) is 13.9 Å². The molecular formula is C13H17FO3S. The molecule has 3 nitrogen and oxygen atoms in total. The zero-order valence-electron chi connectivity index (χ0n) is 10.5. The third-order valence-corrected chi connectivity index (χ3v) is 3.02. The molecule has 0 aromatic heterocycles. The fourth-order valence-electron chi connectivity index (χ4n) is 1.60. The van der Waals surface area contributed by atoms with E-state index >= 15 is 0 Å². The van der Waals surface area contributed by atoms with E-state index in [4.69, 9.17) is 9.47 Å². The second kappa shape index (κ2) is 7.38. The molecule has 0 spiro atoms. The molecule has 1 aromatic rings. The van der Waals surface area contributed by atoms with Crippen LogP contribution in [0.25, 0.3) is 0 Å². The molecule has 0 amide bonds. The van der Waals surface area contributed by atoms with E-state index in [0.717, 1.165) is 5.56 Å². The van der Waals surface area contributed by atoms with Crippen LogP contribution in [0.1, 0.15) is 18.9 Å². The molecule has 1 atom stereocenters. The lowest BCUT2D eigenvalue weighted by Crippen LogP contribution is -2.11. The van der Waals surface area contributed by atoms with Crippen molar-refractivity contribution >= 4 is 17.7 Å². The molecule has 1 rings (SSSR count). The standard InChI is InChI=1S/C13H17FO3S/c1-3-10(13(15)18)6-9-4-5-11(14)12(7-9)17-8-16-2/h4-5,7,10H,3,6,8H2,1-2H3,(H,15,18)/t10-/m0/s1. The van der Waals surface area contributed by atoms with Crippen molar-refractivity contribution in [3.8, 4) is 5.75 Å². The molecule has 5 heteroatoms. The summed E-state index contributed by atoms with van der Waals surface area (Å²) in [5, 5.41) is -0.152. The first kappa shape index (κ1) is 15.0. The number of hydrogen-bond donors (Lipinski definition) is 1. The van der Waals surface area contributed by atoms with Gasteiger partial charge in [0.1, 0.15) is 0 Å². The number of halogens is 1. The minimum absolute atomic E-state index is 0.0108. The molecule has 0 aliphatic carbocycles. The molecule has 0 heterocycles. The van der Waals surface area contributed by atoms with Crippen LogP contribution in [-0.2, 0) is 16.0 Å². The Labute approximate surface area is 112 Å². The molecule has 0 aliphatic rings. The van der Waals surface area contributed by atoms with Gasteiger partial charge in [0.05, 0.1) is 0 Å². The number of methoxy groups -OCH3 is 1. The van der Waals surface area contributed by atoms with Gasteiger partial charge in [0.2, 0.25) is 0 Å². The lowest BCUT2D eigenvalue weighted by Gasteiger charge is -2.12. The van der Waals surface area contributed by atoms with Crippen molar-refractivity contribution in [2.45, 2.75) is 19.8 Å². The van der Waals surface area contributed by atoms with Gasteiger partial charge < -0.3 is 9.47 Å². The van der Waals surface area contributed by atoms with Crippen LogP contribution in [0.3, 0.4) is 0 Å². The predicted octanol–water partition coefficient (Wildman–Crippen LogP) is 2.83. The van der Waals surface area contributed by atoms with Crippen LogP contribution in [0.5, 0.6) is 5.75 Å². The Morgan fingerprint density at radius 3 is 2.78 bits per heavy atom. The third-order valence-electron chi connectivity index (χ3n) is 2.65. The second-order valence-corrected chi connectivity index (χ2v) is 4.40. The Balaban J connectivity index is 2.80. The maximum absolute atomic E-state index is 13.4. The molecule has 0 fully saturated rings. The van der Waals surface area contributed by atoms with Gasteiger partial charge in [-0.05, 0) is 30.5 Å². The summed E-state index contributed by atoms with van der Waals surface area (Å²) in [6, 6.07) is 4.57. The Bertz CT molecular complexity index is 409. The van der Waals surface area contributed by atoms with Crippen molar-refractivity contribution < 1.29 is 18.7 Å². The molecule has 0 unspecified atom stereocenters. The average molecular weight is 272 g/mol. The van der Waals surface area contributed by atoms with Gasteiger partial charge in [0, 0.05) is 13.0 Å². The van der Waals surface area contributed by atoms with Crippen molar-refractivity contribution in [1.29, 1.82) is 0 Å². The zero-order chi connectivity index (χ0) is 13.5. The van der Waals surface area contributed by atoms with Gasteiger partial charge in [0.15, 0.2) is 23.5 Å². The summed E-state index contributed by atoms with van der Waals surface area (Å²) in [4.78, 5) is 11.2. The highest BCUT2D eigenvalue weighted by atomic mass is 32.1. The van der Waals surface area contributed by atoms with Gasteiger partial charge in [-0.2, -0.15) is 0 Å². The molecule has 0 saturated carbocycles. The first-order valence-electron chi connectivity index (χ1n) is 5.71. The van der Waals surface area contributed by atoms with E-state index in [1.165, 1.54) is 13.2 Å². The smallest absolute Gasteiger partial charge is 0.189 e. The molecule has 0 radical (unpaired) electrons. The summed E-state index contributed by atoms with van der Waals surface area (Å²) in [5.74, 6) is -0.467. The first-order chi connectivity index (χ1) is 8.58. The first-order valence-corrected chi connectivity index (χ1v) is 6.16. The van der Waals surface area contributed by atoms with Crippen LogP contribution in [0.2, 0.25) is 0 Å². The zero-order valence-corrected chi connectivity index (χ0v) is 11.4. The average Bonchev–Trinajstić information content (AvgIpc) is 2.35. The van der Waals surface area contributed by atoms with Crippen molar-refractivity contribution in [3.05, 3.63) is 29.6 Å². The molecule has 0 aliphatic heterocycles. The predicted molar refractivity (Wildman–Crippen MR) is 70.4 cm³/mol. The van der Waals surface area contributed by atoms with Crippen LogP contribution < -0.4 is 4.74 Å². The van der Waals surface area contributed by atoms with E-state index in [-0.39, 0.29) is 23.6 Å². The highest BCUT2D eigenvalue weighted by Gasteiger charge is 2.14.